The zero-order chi connectivity index (χ0) is 18.8. The summed E-state index contributed by atoms with van der Waals surface area (Å²) in [5, 5.41) is 3.27. The summed E-state index contributed by atoms with van der Waals surface area (Å²) in [5.41, 5.74) is 1.05. The molecule has 0 bridgehead atoms. The normalized spacial score (nSPS) is 10.7. The summed E-state index contributed by atoms with van der Waals surface area (Å²) in [6.07, 6.45) is 0. The number of benzene rings is 2. The molecule has 0 saturated heterocycles. The third-order valence-electron chi connectivity index (χ3n) is 3.57. The van der Waals surface area contributed by atoms with Crippen LogP contribution in [-0.4, -0.2) is 32.2 Å². The van der Waals surface area contributed by atoms with Crippen LogP contribution in [0.2, 0.25) is 0 Å². The second-order valence-corrected chi connectivity index (χ2v) is 7.92. The lowest BCUT2D eigenvalue weighted by Gasteiger charge is -2.10. The highest BCUT2D eigenvalue weighted by molar-refractivity contribution is 9.11. The predicted octanol–water partition coefficient (Wildman–Crippen LogP) is 5.10. The van der Waals surface area contributed by atoms with Crippen LogP contribution < -0.4 is 19.5 Å². The quantitative estimate of drug-likeness (QED) is 0.526. The third kappa shape index (κ3) is 3.65. The van der Waals surface area contributed by atoms with Gasteiger partial charge in [0.1, 0.15) is 22.8 Å². The van der Waals surface area contributed by atoms with Crippen LogP contribution in [0.15, 0.2) is 33.2 Å². The van der Waals surface area contributed by atoms with Crippen molar-refractivity contribution in [1.82, 2.24) is 4.98 Å². The first-order valence-electron chi connectivity index (χ1n) is 7.33. The number of fused-ring (bicyclic) bond motifs is 1. The Labute approximate surface area is 170 Å². The fraction of sp³-hybridized carbons (Fsp3) is 0.176. The standard InChI is InChI=1S/C17H14Br2N2O4S/c1-23-9-6-12(24-2)14-13(7-9)26-17(20-14)21-16(22)10-4-8(18)5-11(19)15(10)25-3/h4-7H,1-3H3,(H,20,21,22). The van der Waals surface area contributed by atoms with Crippen LogP contribution in [0.25, 0.3) is 10.2 Å². The fourth-order valence-electron chi connectivity index (χ4n) is 2.40. The molecule has 0 fully saturated rings. The number of thiazole rings is 1. The number of ether oxygens (including phenoxy) is 3. The van der Waals surface area contributed by atoms with Crippen LogP contribution in [0, 0.1) is 0 Å². The molecule has 2 aromatic carbocycles. The minimum atomic E-state index is -0.325. The van der Waals surface area contributed by atoms with Gasteiger partial charge in [-0.3, -0.25) is 10.1 Å². The molecular formula is C17H14Br2N2O4S. The number of halogens is 2. The Hall–Kier alpha value is -1.84. The molecule has 6 nitrogen and oxygen atoms in total. The first-order chi connectivity index (χ1) is 12.5. The molecule has 3 aromatic rings. The number of nitrogens with one attached hydrogen (secondary N) is 1. The summed E-state index contributed by atoms with van der Waals surface area (Å²) in [4.78, 5) is 17.2. The van der Waals surface area contributed by atoms with Crippen molar-refractivity contribution in [3.63, 3.8) is 0 Å². The van der Waals surface area contributed by atoms with Crippen LogP contribution in [0.3, 0.4) is 0 Å². The lowest BCUT2D eigenvalue weighted by atomic mass is 10.2. The van der Waals surface area contributed by atoms with E-state index in [-0.39, 0.29) is 5.91 Å². The molecule has 1 heterocycles. The number of methoxy groups -OCH3 is 3. The average molecular weight is 502 g/mol. The van der Waals surface area contributed by atoms with Gasteiger partial charge in [-0.15, -0.1) is 0 Å². The zero-order valence-electron chi connectivity index (χ0n) is 14.1. The summed E-state index contributed by atoms with van der Waals surface area (Å²) in [7, 11) is 4.66. The van der Waals surface area contributed by atoms with Crippen molar-refractivity contribution in [3.8, 4) is 17.2 Å². The molecule has 0 aliphatic rings. The maximum absolute atomic E-state index is 12.7. The number of amides is 1. The molecule has 0 aliphatic heterocycles. The Morgan fingerprint density at radius 2 is 1.85 bits per heavy atom. The van der Waals surface area contributed by atoms with E-state index in [2.05, 4.69) is 42.2 Å². The topological polar surface area (TPSA) is 69.7 Å². The minimum absolute atomic E-state index is 0.325. The van der Waals surface area contributed by atoms with Gasteiger partial charge in [0.2, 0.25) is 0 Å². The minimum Gasteiger partial charge on any atom is -0.497 e. The average Bonchev–Trinajstić information content (AvgIpc) is 3.02. The van der Waals surface area contributed by atoms with Crippen molar-refractivity contribution in [2.75, 3.05) is 26.6 Å². The van der Waals surface area contributed by atoms with E-state index in [1.54, 1.807) is 26.4 Å². The SMILES string of the molecule is COc1cc(OC)c2nc(NC(=O)c3cc(Br)cc(Br)c3OC)sc2c1. The van der Waals surface area contributed by atoms with Gasteiger partial charge in [-0.25, -0.2) is 4.98 Å². The van der Waals surface area contributed by atoms with E-state index in [1.165, 1.54) is 18.4 Å². The molecule has 1 N–H and O–H groups in total. The number of carbonyl (C=O) groups is 1. The Kier molecular flexibility index (Phi) is 5.69. The van der Waals surface area contributed by atoms with E-state index < -0.39 is 0 Å². The van der Waals surface area contributed by atoms with Crippen LogP contribution in [0.4, 0.5) is 5.13 Å². The highest BCUT2D eigenvalue weighted by atomic mass is 79.9. The van der Waals surface area contributed by atoms with E-state index in [9.17, 15) is 4.79 Å². The summed E-state index contributed by atoms with van der Waals surface area (Å²) in [5.74, 6) is 1.37. The molecule has 0 saturated carbocycles. The highest BCUT2D eigenvalue weighted by Crippen LogP contribution is 2.37. The maximum atomic E-state index is 12.7. The van der Waals surface area contributed by atoms with Gasteiger partial charge >= 0.3 is 0 Å². The summed E-state index contributed by atoms with van der Waals surface area (Å²) in [6.45, 7) is 0. The van der Waals surface area contributed by atoms with Crippen LogP contribution >= 0.6 is 43.2 Å². The highest BCUT2D eigenvalue weighted by Gasteiger charge is 2.19. The van der Waals surface area contributed by atoms with E-state index in [0.717, 1.165) is 9.17 Å². The second-order valence-electron chi connectivity index (χ2n) is 5.12. The molecule has 0 aliphatic carbocycles. The Balaban J connectivity index is 1.98. The van der Waals surface area contributed by atoms with Crippen molar-refractivity contribution in [2.45, 2.75) is 0 Å². The maximum Gasteiger partial charge on any atom is 0.261 e. The number of aromatic nitrogens is 1. The number of anilines is 1. The molecule has 0 radical (unpaired) electrons. The predicted molar refractivity (Wildman–Crippen MR) is 109 cm³/mol. The number of rotatable bonds is 5. The lowest BCUT2D eigenvalue weighted by molar-refractivity contribution is 0.102. The van der Waals surface area contributed by atoms with E-state index in [1.807, 2.05) is 12.1 Å². The Morgan fingerprint density at radius 3 is 2.50 bits per heavy atom. The van der Waals surface area contributed by atoms with Crippen LogP contribution in [0.1, 0.15) is 10.4 Å². The molecule has 26 heavy (non-hydrogen) atoms. The molecule has 0 spiro atoms. The van der Waals surface area contributed by atoms with Crippen LogP contribution in [-0.2, 0) is 0 Å². The Bertz CT molecular complexity index is 991. The Morgan fingerprint density at radius 1 is 1.08 bits per heavy atom. The van der Waals surface area contributed by atoms with Gasteiger partial charge < -0.3 is 14.2 Å². The van der Waals surface area contributed by atoms with E-state index >= 15 is 0 Å². The van der Waals surface area contributed by atoms with Crippen molar-refractivity contribution in [1.29, 1.82) is 0 Å². The van der Waals surface area contributed by atoms with Crippen molar-refractivity contribution in [3.05, 3.63) is 38.8 Å². The third-order valence-corrected chi connectivity index (χ3v) is 5.53. The van der Waals surface area contributed by atoms with Crippen molar-refractivity contribution in [2.24, 2.45) is 0 Å². The molecule has 0 unspecified atom stereocenters. The summed E-state index contributed by atoms with van der Waals surface area (Å²) < 4.78 is 18.2. The number of carbonyl (C=O) groups excluding carboxylic acids is 1. The van der Waals surface area contributed by atoms with Gasteiger partial charge in [0, 0.05) is 10.5 Å². The molecule has 136 valence electrons. The number of hydrogen-bond acceptors (Lipinski definition) is 6. The number of hydrogen-bond donors (Lipinski definition) is 1. The monoisotopic (exact) mass is 500 g/mol. The van der Waals surface area contributed by atoms with Gasteiger partial charge in [0.05, 0.1) is 36.1 Å². The summed E-state index contributed by atoms with van der Waals surface area (Å²) in [6, 6.07) is 7.10. The van der Waals surface area contributed by atoms with E-state index in [0.29, 0.717) is 37.9 Å². The lowest BCUT2D eigenvalue weighted by Crippen LogP contribution is -2.13. The molecule has 1 aromatic heterocycles. The molecule has 9 heteroatoms. The first-order valence-corrected chi connectivity index (χ1v) is 9.74. The molecular weight excluding hydrogens is 488 g/mol. The van der Waals surface area contributed by atoms with Gasteiger partial charge in [-0.1, -0.05) is 27.3 Å². The zero-order valence-corrected chi connectivity index (χ0v) is 18.0. The fourth-order valence-corrected chi connectivity index (χ4v) is 4.70. The summed E-state index contributed by atoms with van der Waals surface area (Å²) >= 11 is 8.11. The van der Waals surface area contributed by atoms with Crippen LogP contribution in [0.5, 0.6) is 17.2 Å². The van der Waals surface area contributed by atoms with Crippen molar-refractivity contribution < 1.29 is 19.0 Å². The van der Waals surface area contributed by atoms with E-state index in [4.69, 9.17) is 14.2 Å². The first kappa shape index (κ1) is 18.9. The molecule has 0 atom stereocenters. The second kappa shape index (κ2) is 7.81. The molecule has 1 amide bonds. The smallest absolute Gasteiger partial charge is 0.261 e. The van der Waals surface area contributed by atoms with Gasteiger partial charge in [-0.05, 0) is 34.1 Å². The molecule has 3 rings (SSSR count). The van der Waals surface area contributed by atoms with Gasteiger partial charge in [0.15, 0.2) is 5.13 Å². The largest absolute Gasteiger partial charge is 0.497 e. The van der Waals surface area contributed by atoms with Crippen molar-refractivity contribution >= 4 is 64.5 Å². The van der Waals surface area contributed by atoms with Gasteiger partial charge in [0.25, 0.3) is 5.91 Å². The van der Waals surface area contributed by atoms with Gasteiger partial charge in [-0.2, -0.15) is 0 Å². The number of nitrogens with zero attached hydrogens (tertiary/aromatic N) is 1.